The monoisotopic (exact) mass is 450 g/mol. The second kappa shape index (κ2) is 9.44. The third kappa shape index (κ3) is 5.38. The molecule has 2 fully saturated rings. The number of ether oxygens (including phenoxy) is 2. The molecular formula is C23H31FN2O6. The third-order valence-electron chi connectivity index (χ3n) is 5.73. The quantitative estimate of drug-likeness (QED) is 0.741. The highest BCUT2D eigenvalue weighted by Crippen LogP contribution is 2.30. The lowest BCUT2D eigenvalue weighted by Gasteiger charge is -2.33. The van der Waals surface area contributed by atoms with E-state index in [-0.39, 0.29) is 19.6 Å². The first-order valence-electron chi connectivity index (χ1n) is 10.8. The lowest BCUT2D eigenvalue weighted by Crippen LogP contribution is -2.52. The summed E-state index contributed by atoms with van der Waals surface area (Å²) in [6.07, 6.45) is -3.93. The zero-order valence-electron chi connectivity index (χ0n) is 18.9. The van der Waals surface area contributed by atoms with Crippen molar-refractivity contribution in [1.82, 2.24) is 9.80 Å². The van der Waals surface area contributed by atoms with Crippen LogP contribution >= 0.6 is 0 Å². The molecule has 2 saturated heterocycles. The zero-order valence-corrected chi connectivity index (χ0v) is 18.9. The van der Waals surface area contributed by atoms with E-state index in [1.165, 1.54) is 6.92 Å². The van der Waals surface area contributed by atoms with Crippen molar-refractivity contribution in [3.8, 4) is 0 Å². The molecule has 1 N–H and O–H groups in total. The van der Waals surface area contributed by atoms with Gasteiger partial charge in [0.25, 0.3) is 0 Å². The first-order chi connectivity index (χ1) is 15.0. The number of likely N-dealkylation sites (tertiary alicyclic amines) is 1. The van der Waals surface area contributed by atoms with Gasteiger partial charge >= 0.3 is 12.2 Å². The minimum Gasteiger partial charge on any atom is -0.447 e. The highest BCUT2D eigenvalue weighted by atomic mass is 19.1. The Kier molecular flexibility index (Phi) is 7.07. The van der Waals surface area contributed by atoms with Gasteiger partial charge < -0.3 is 14.6 Å². The average molecular weight is 451 g/mol. The normalized spacial score (nSPS) is 25.4. The molecule has 9 heteroatoms. The maximum absolute atomic E-state index is 14.2. The molecule has 1 unspecified atom stereocenters. The molecule has 0 radical (unpaired) electrons. The maximum atomic E-state index is 14.2. The Morgan fingerprint density at radius 1 is 1.28 bits per heavy atom. The van der Waals surface area contributed by atoms with Gasteiger partial charge in [0.1, 0.15) is 18.4 Å². The number of imide groups is 1. The van der Waals surface area contributed by atoms with Gasteiger partial charge in [-0.25, -0.2) is 18.9 Å². The number of aliphatic hydroxyl groups excluding tert-OH is 1. The van der Waals surface area contributed by atoms with Crippen molar-refractivity contribution in [2.75, 3.05) is 13.2 Å². The number of amides is 3. The molecule has 0 bridgehead atoms. The minimum atomic E-state index is -1.37. The van der Waals surface area contributed by atoms with Gasteiger partial charge in [0.15, 0.2) is 0 Å². The summed E-state index contributed by atoms with van der Waals surface area (Å²) in [5.41, 5.74) is 0.154. The smallest absolute Gasteiger partial charge is 0.416 e. The molecule has 1 aromatic rings. The molecule has 3 amide bonds. The summed E-state index contributed by atoms with van der Waals surface area (Å²) in [7, 11) is 0. The minimum absolute atomic E-state index is 0.0578. The van der Waals surface area contributed by atoms with E-state index in [9.17, 15) is 23.9 Å². The number of hydrogen-bond acceptors (Lipinski definition) is 6. The van der Waals surface area contributed by atoms with Gasteiger partial charge in [-0.1, -0.05) is 37.3 Å². The molecule has 8 nitrogen and oxygen atoms in total. The maximum Gasteiger partial charge on any atom is 0.416 e. The number of halogens is 1. The Bertz CT molecular complexity index is 843. The summed E-state index contributed by atoms with van der Waals surface area (Å²) in [6, 6.07) is 7.94. The predicted molar refractivity (Wildman–Crippen MR) is 114 cm³/mol. The number of alkyl halides is 1. The van der Waals surface area contributed by atoms with Crippen molar-refractivity contribution < 1.29 is 33.4 Å². The topological polar surface area (TPSA) is 96.4 Å². The Morgan fingerprint density at radius 3 is 2.56 bits per heavy atom. The van der Waals surface area contributed by atoms with Crippen LogP contribution in [-0.4, -0.2) is 76.1 Å². The number of carbonyl (C=O) groups excluding carboxylic acids is 3. The molecular weight excluding hydrogens is 419 g/mol. The first kappa shape index (κ1) is 24.0. The number of benzene rings is 1. The van der Waals surface area contributed by atoms with Gasteiger partial charge in [0.2, 0.25) is 5.91 Å². The summed E-state index contributed by atoms with van der Waals surface area (Å²) in [5, 5.41) is 10.9. The van der Waals surface area contributed by atoms with Crippen LogP contribution in [0.1, 0.15) is 39.7 Å². The van der Waals surface area contributed by atoms with Crippen LogP contribution in [0.5, 0.6) is 0 Å². The molecule has 1 aromatic carbocycles. The molecule has 32 heavy (non-hydrogen) atoms. The van der Waals surface area contributed by atoms with E-state index in [1.807, 2.05) is 30.3 Å². The second-order valence-electron chi connectivity index (χ2n) is 9.44. The van der Waals surface area contributed by atoms with E-state index >= 15 is 0 Å². The van der Waals surface area contributed by atoms with Crippen LogP contribution in [0.2, 0.25) is 0 Å². The molecule has 0 saturated carbocycles. The van der Waals surface area contributed by atoms with Crippen LogP contribution in [0.25, 0.3) is 0 Å². The van der Waals surface area contributed by atoms with E-state index in [2.05, 4.69) is 0 Å². The second-order valence-corrected chi connectivity index (χ2v) is 9.44. The Labute approximate surface area is 187 Å². The number of nitrogens with zero attached hydrogens (tertiary/aromatic N) is 2. The predicted octanol–water partition coefficient (Wildman–Crippen LogP) is 2.92. The van der Waals surface area contributed by atoms with Crippen LogP contribution in [0.3, 0.4) is 0 Å². The van der Waals surface area contributed by atoms with Gasteiger partial charge in [0.05, 0.1) is 30.7 Å². The third-order valence-corrected chi connectivity index (χ3v) is 5.73. The summed E-state index contributed by atoms with van der Waals surface area (Å²) >= 11 is 0. The van der Waals surface area contributed by atoms with Crippen molar-refractivity contribution in [1.29, 1.82) is 0 Å². The lowest BCUT2D eigenvalue weighted by molar-refractivity contribution is -0.138. The van der Waals surface area contributed by atoms with Crippen LogP contribution in [0.4, 0.5) is 14.0 Å². The van der Waals surface area contributed by atoms with Gasteiger partial charge in [-0.15, -0.1) is 0 Å². The molecule has 0 spiro atoms. The molecule has 5 atom stereocenters. The Morgan fingerprint density at radius 2 is 1.94 bits per heavy atom. The summed E-state index contributed by atoms with van der Waals surface area (Å²) in [6.45, 7) is 6.38. The fourth-order valence-electron chi connectivity index (χ4n) is 4.13. The van der Waals surface area contributed by atoms with E-state index in [1.54, 1.807) is 20.8 Å². The standard InChI is InChI=1S/C23H31FN2O6/c1-14(19(27)18-11-16(24)12-25(18)21(29)32-23(2,3)4)20(28)26-17(13-31-22(26)30)10-15-8-6-5-7-9-15/h5-9,14,16-19,27H,10-13H2,1-4H3/t14-,16+,17?,18+,19-/m1/s1. The number of hydrogen-bond donors (Lipinski definition) is 1. The molecule has 0 aliphatic carbocycles. The van der Waals surface area contributed by atoms with Crippen molar-refractivity contribution >= 4 is 18.1 Å². The molecule has 2 aliphatic rings. The van der Waals surface area contributed by atoms with Crippen LogP contribution in [0.15, 0.2) is 30.3 Å². The molecule has 176 valence electrons. The molecule has 0 aromatic heterocycles. The van der Waals surface area contributed by atoms with Crippen LogP contribution in [-0.2, 0) is 20.7 Å². The van der Waals surface area contributed by atoms with Crippen molar-refractivity contribution in [3.05, 3.63) is 35.9 Å². The van der Waals surface area contributed by atoms with Gasteiger partial charge in [-0.05, 0) is 32.8 Å². The molecule has 3 rings (SSSR count). The van der Waals surface area contributed by atoms with Crippen molar-refractivity contribution in [2.45, 2.75) is 70.5 Å². The van der Waals surface area contributed by atoms with Gasteiger partial charge in [-0.3, -0.25) is 9.69 Å². The van der Waals surface area contributed by atoms with Crippen molar-refractivity contribution in [3.63, 3.8) is 0 Å². The SMILES string of the molecule is C[C@@H](C(=O)N1C(=O)OCC1Cc1ccccc1)[C@@H](O)[C@@H]1C[C@H](F)CN1C(=O)OC(C)(C)C. The lowest BCUT2D eigenvalue weighted by atomic mass is 9.94. The van der Waals surface area contributed by atoms with Crippen molar-refractivity contribution in [2.24, 2.45) is 5.92 Å². The molecule has 2 heterocycles. The van der Waals surface area contributed by atoms with Crippen LogP contribution in [0, 0.1) is 5.92 Å². The number of carbonyl (C=O) groups is 3. The highest BCUT2D eigenvalue weighted by molar-refractivity contribution is 5.95. The van der Waals surface area contributed by atoms with Gasteiger partial charge in [0, 0.05) is 6.42 Å². The summed E-state index contributed by atoms with van der Waals surface area (Å²) in [5.74, 6) is -1.67. The van der Waals surface area contributed by atoms with E-state index in [0.717, 1.165) is 15.4 Å². The average Bonchev–Trinajstić information content (AvgIpc) is 3.28. The summed E-state index contributed by atoms with van der Waals surface area (Å²) in [4.78, 5) is 40.2. The fraction of sp³-hybridized carbons (Fsp3) is 0.609. The van der Waals surface area contributed by atoms with E-state index < -0.39 is 54.0 Å². The Hall–Kier alpha value is -2.68. The van der Waals surface area contributed by atoms with E-state index in [0.29, 0.717) is 6.42 Å². The number of cyclic esters (lactones) is 1. The molecule has 2 aliphatic heterocycles. The number of aliphatic hydroxyl groups is 1. The zero-order chi connectivity index (χ0) is 23.6. The Balaban J connectivity index is 1.73. The fourth-order valence-corrected chi connectivity index (χ4v) is 4.13. The van der Waals surface area contributed by atoms with E-state index in [4.69, 9.17) is 9.47 Å². The highest BCUT2D eigenvalue weighted by Gasteiger charge is 2.47. The summed E-state index contributed by atoms with van der Waals surface area (Å²) < 4.78 is 24.6. The largest absolute Gasteiger partial charge is 0.447 e. The van der Waals surface area contributed by atoms with Crippen LogP contribution < -0.4 is 0 Å². The van der Waals surface area contributed by atoms with Gasteiger partial charge in [-0.2, -0.15) is 0 Å². The number of rotatable bonds is 5. The first-order valence-corrected chi connectivity index (χ1v) is 10.8.